The monoisotopic (exact) mass is 297 g/mol. The Hall–Kier alpha value is -2.61. The van der Waals surface area contributed by atoms with Crippen molar-refractivity contribution in [3.63, 3.8) is 0 Å². The number of hydrogen-bond donors (Lipinski definition) is 2. The highest BCUT2D eigenvalue weighted by atomic mass is 35.5. The maximum atomic E-state index is 11.2. The van der Waals surface area contributed by atoms with E-state index in [4.69, 9.17) is 26.6 Å². The highest BCUT2D eigenvalue weighted by molar-refractivity contribution is 6.30. The third kappa shape index (κ3) is 2.28. The maximum absolute atomic E-state index is 11.2. The highest BCUT2D eigenvalue weighted by Gasteiger charge is 2.26. The SMILES string of the molecule is COc1ccc(Cl)cc1-n1nnc(C(=O)O)c1C(=O)O. The third-order valence-corrected chi connectivity index (χ3v) is 2.68. The summed E-state index contributed by atoms with van der Waals surface area (Å²) in [7, 11) is 1.38. The largest absolute Gasteiger partial charge is 0.494 e. The van der Waals surface area contributed by atoms with Gasteiger partial charge in [-0.2, -0.15) is 0 Å². The summed E-state index contributed by atoms with van der Waals surface area (Å²) in [5.41, 5.74) is -1.07. The van der Waals surface area contributed by atoms with Crippen LogP contribution in [-0.2, 0) is 0 Å². The Morgan fingerprint density at radius 3 is 2.55 bits per heavy atom. The van der Waals surface area contributed by atoms with E-state index in [0.717, 1.165) is 4.68 Å². The van der Waals surface area contributed by atoms with Crippen molar-refractivity contribution in [1.82, 2.24) is 15.0 Å². The van der Waals surface area contributed by atoms with E-state index in [2.05, 4.69) is 10.3 Å². The molecule has 1 heterocycles. The fraction of sp³-hybridized carbons (Fsp3) is 0.0909. The summed E-state index contributed by atoms with van der Waals surface area (Å²) in [6, 6.07) is 4.44. The lowest BCUT2D eigenvalue weighted by Gasteiger charge is -2.09. The average Bonchev–Trinajstić information content (AvgIpc) is 2.83. The molecule has 0 saturated heterocycles. The van der Waals surface area contributed by atoms with Crippen molar-refractivity contribution in [2.45, 2.75) is 0 Å². The molecule has 1 aromatic heterocycles. The molecule has 0 aliphatic rings. The Labute approximate surface area is 117 Å². The van der Waals surface area contributed by atoms with Crippen LogP contribution in [-0.4, -0.2) is 44.3 Å². The molecule has 104 valence electrons. The summed E-state index contributed by atoms with van der Waals surface area (Å²) in [6.45, 7) is 0. The van der Waals surface area contributed by atoms with Crippen LogP contribution in [0.3, 0.4) is 0 Å². The van der Waals surface area contributed by atoms with Crippen LogP contribution in [0.4, 0.5) is 0 Å². The molecular formula is C11H8ClN3O5. The molecule has 2 aromatic rings. The fourth-order valence-corrected chi connectivity index (χ4v) is 1.78. The van der Waals surface area contributed by atoms with E-state index in [1.807, 2.05) is 0 Å². The molecule has 0 spiro atoms. The first kappa shape index (κ1) is 13.8. The van der Waals surface area contributed by atoms with Crippen LogP contribution in [0.2, 0.25) is 5.02 Å². The molecule has 2 N–H and O–H groups in total. The van der Waals surface area contributed by atoms with Crippen molar-refractivity contribution in [3.8, 4) is 11.4 Å². The van der Waals surface area contributed by atoms with E-state index in [-0.39, 0.29) is 11.4 Å². The van der Waals surface area contributed by atoms with Crippen molar-refractivity contribution in [1.29, 1.82) is 0 Å². The number of carbonyl (C=O) groups is 2. The van der Waals surface area contributed by atoms with Gasteiger partial charge in [0.25, 0.3) is 0 Å². The number of hydrogen-bond acceptors (Lipinski definition) is 5. The van der Waals surface area contributed by atoms with E-state index in [1.165, 1.54) is 19.2 Å². The van der Waals surface area contributed by atoms with Crippen LogP contribution in [0, 0.1) is 0 Å². The minimum atomic E-state index is -1.49. The summed E-state index contributed by atoms with van der Waals surface area (Å²) < 4.78 is 5.93. The smallest absolute Gasteiger partial charge is 0.359 e. The molecule has 2 rings (SSSR count). The van der Waals surface area contributed by atoms with Crippen molar-refractivity contribution < 1.29 is 24.5 Å². The van der Waals surface area contributed by atoms with E-state index >= 15 is 0 Å². The number of benzene rings is 1. The number of ether oxygens (including phenoxy) is 1. The van der Waals surface area contributed by atoms with Gasteiger partial charge in [0.15, 0.2) is 5.69 Å². The Balaban J connectivity index is 2.73. The first-order chi connectivity index (χ1) is 9.45. The zero-order chi connectivity index (χ0) is 14.9. The van der Waals surface area contributed by atoms with E-state index < -0.39 is 23.3 Å². The predicted octanol–water partition coefficient (Wildman–Crippen LogP) is 1.33. The van der Waals surface area contributed by atoms with E-state index in [0.29, 0.717) is 5.02 Å². The number of nitrogens with zero attached hydrogens (tertiary/aromatic N) is 3. The number of rotatable bonds is 4. The van der Waals surface area contributed by atoms with Gasteiger partial charge in [-0.3, -0.25) is 0 Å². The summed E-state index contributed by atoms with van der Waals surface area (Å²) >= 11 is 5.84. The van der Waals surface area contributed by atoms with Gasteiger partial charge in [-0.15, -0.1) is 5.10 Å². The Morgan fingerprint density at radius 1 is 1.30 bits per heavy atom. The van der Waals surface area contributed by atoms with Gasteiger partial charge >= 0.3 is 11.9 Å². The van der Waals surface area contributed by atoms with Gasteiger partial charge in [0.1, 0.15) is 11.4 Å². The van der Waals surface area contributed by atoms with Gasteiger partial charge in [-0.05, 0) is 18.2 Å². The summed E-state index contributed by atoms with van der Waals surface area (Å²) in [5, 5.41) is 25.3. The molecule has 0 radical (unpaired) electrons. The fourth-order valence-electron chi connectivity index (χ4n) is 1.62. The van der Waals surface area contributed by atoms with Crippen LogP contribution in [0.25, 0.3) is 5.69 Å². The van der Waals surface area contributed by atoms with Crippen molar-refractivity contribution in [2.24, 2.45) is 0 Å². The number of aromatic carboxylic acids is 2. The number of aromatic nitrogens is 3. The lowest BCUT2D eigenvalue weighted by molar-refractivity contribution is 0.0642. The van der Waals surface area contributed by atoms with Gasteiger partial charge in [0, 0.05) is 5.02 Å². The molecule has 0 atom stereocenters. The van der Waals surface area contributed by atoms with Crippen molar-refractivity contribution in [2.75, 3.05) is 7.11 Å². The Bertz CT molecular complexity index is 697. The minimum absolute atomic E-state index is 0.178. The molecule has 1 aromatic carbocycles. The lowest BCUT2D eigenvalue weighted by atomic mass is 10.2. The number of carboxylic acids is 2. The quantitative estimate of drug-likeness (QED) is 0.874. The van der Waals surface area contributed by atoms with E-state index in [9.17, 15) is 9.59 Å². The first-order valence-corrected chi connectivity index (χ1v) is 5.59. The number of carboxylic acid groups (broad SMARTS) is 2. The Morgan fingerprint density at radius 2 is 2.00 bits per heavy atom. The molecule has 20 heavy (non-hydrogen) atoms. The molecule has 0 aliphatic carbocycles. The second-order valence-electron chi connectivity index (χ2n) is 3.62. The van der Waals surface area contributed by atoms with Crippen LogP contribution in [0.15, 0.2) is 18.2 Å². The summed E-state index contributed by atoms with van der Waals surface area (Å²) in [4.78, 5) is 22.2. The van der Waals surface area contributed by atoms with Gasteiger partial charge in [-0.1, -0.05) is 16.8 Å². The molecule has 0 saturated carbocycles. The standard InChI is InChI=1S/C11H8ClN3O5/c1-20-7-3-2-5(12)4-6(7)15-9(11(18)19)8(10(16)17)13-14-15/h2-4H,1H3,(H,16,17)(H,18,19). The van der Waals surface area contributed by atoms with Crippen molar-refractivity contribution in [3.05, 3.63) is 34.6 Å². The zero-order valence-corrected chi connectivity index (χ0v) is 10.8. The average molecular weight is 298 g/mol. The molecule has 0 aliphatic heterocycles. The first-order valence-electron chi connectivity index (χ1n) is 5.22. The van der Waals surface area contributed by atoms with Crippen molar-refractivity contribution >= 4 is 23.5 Å². The molecular weight excluding hydrogens is 290 g/mol. The van der Waals surface area contributed by atoms with Gasteiger partial charge in [0.05, 0.1) is 7.11 Å². The molecule has 0 unspecified atom stereocenters. The van der Waals surface area contributed by atoms with Gasteiger partial charge in [-0.25, -0.2) is 14.3 Å². The topological polar surface area (TPSA) is 115 Å². The minimum Gasteiger partial charge on any atom is -0.494 e. The van der Waals surface area contributed by atoms with Gasteiger partial charge in [0.2, 0.25) is 5.69 Å². The van der Waals surface area contributed by atoms with E-state index in [1.54, 1.807) is 6.07 Å². The van der Waals surface area contributed by atoms with Crippen LogP contribution >= 0.6 is 11.6 Å². The second-order valence-corrected chi connectivity index (χ2v) is 4.06. The Kier molecular flexibility index (Phi) is 3.57. The molecule has 9 heteroatoms. The lowest BCUT2D eigenvalue weighted by Crippen LogP contribution is -2.13. The molecule has 0 fully saturated rings. The van der Waals surface area contributed by atoms with Crippen LogP contribution in [0.5, 0.6) is 5.75 Å². The highest BCUT2D eigenvalue weighted by Crippen LogP contribution is 2.27. The molecule has 0 bridgehead atoms. The predicted molar refractivity (Wildman–Crippen MR) is 66.8 cm³/mol. The maximum Gasteiger partial charge on any atom is 0.359 e. The van der Waals surface area contributed by atoms with Crippen LogP contribution in [0.1, 0.15) is 21.0 Å². The second kappa shape index (κ2) is 5.17. The molecule has 8 nitrogen and oxygen atoms in total. The number of halogens is 1. The summed E-state index contributed by atoms with van der Waals surface area (Å²) in [6.07, 6.45) is 0. The zero-order valence-electron chi connectivity index (χ0n) is 10.1. The van der Waals surface area contributed by atoms with Gasteiger partial charge < -0.3 is 14.9 Å². The van der Waals surface area contributed by atoms with Crippen LogP contribution < -0.4 is 4.74 Å². The summed E-state index contributed by atoms with van der Waals surface area (Å²) in [5.74, 6) is -2.69. The third-order valence-electron chi connectivity index (χ3n) is 2.44. The number of methoxy groups -OCH3 is 1. The normalized spacial score (nSPS) is 10.3. The molecule has 0 amide bonds.